The van der Waals surface area contributed by atoms with E-state index in [4.69, 9.17) is 5.11 Å². The van der Waals surface area contributed by atoms with E-state index >= 15 is 0 Å². The molecule has 0 unspecified atom stereocenters. The van der Waals surface area contributed by atoms with E-state index in [9.17, 15) is 4.79 Å². The highest BCUT2D eigenvalue weighted by atomic mass is 32.1. The van der Waals surface area contributed by atoms with Gasteiger partial charge < -0.3 is 10.4 Å². The number of carboxylic acids is 1. The molecule has 1 aromatic rings. The number of hydrogen-bond acceptors (Lipinski definition) is 4. The molecule has 15 heavy (non-hydrogen) atoms. The average Bonchev–Trinajstić information content (AvgIpc) is 2.47. The van der Waals surface area contributed by atoms with Crippen LogP contribution in [0.3, 0.4) is 0 Å². The largest absolute Gasteiger partial charge is 0.481 e. The molecule has 5 heteroatoms. The van der Waals surface area contributed by atoms with Crippen molar-refractivity contribution >= 4 is 17.3 Å². The third-order valence-electron chi connectivity index (χ3n) is 2.01. The maximum Gasteiger partial charge on any atom is 0.308 e. The summed E-state index contributed by atoms with van der Waals surface area (Å²) >= 11 is 1.51. The average molecular weight is 228 g/mol. The predicted octanol–water partition coefficient (Wildman–Crippen LogP) is 1.23. The fourth-order valence-electron chi connectivity index (χ4n) is 1.27. The van der Waals surface area contributed by atoms with Gasteiger partial charge in [0.05, 0.1) is 17.1 Å². The maximum atomic E-state index is 10.6. The van der Waals surface area contributed by atoms with Gasteiger partial charge in [-0.15, -0.1) is 11.3 Å². The number of aromatic nitrogens is 1. The summed E-state index contributed by atoms with van der Waals surface area (Å²) in [7, 11) is 0. The highest BCUT2D eigenvalue weighted by molar-refractivity contribution is 7.11. The Morgan fingerprint density at radius 1 is 1.60 bits per heavy atom. The number of nitrogens with one attached hydrogen (secondary N) is 1. The maximum absolute atomic E-state index is 10.6. The van der Waals surface area contributed by atoms with Crippen LogP contribution in [0.2, 0.25) is 0 Å². The van der Waals surface area contributed by atoms with E-state index in [2.05, 4.69) is 17.2 Å². The second-order valence-corrected chi connectivity index (χ2v) is 4.46. The van der Waals surface area contributed by atoms with E-state index in [1.807, 2.05) is 6.92 Å². The molecular formula is C10H16N2O2S. The highest BCUT2D eigenvalue weighted by Gasteiger charge is 2.10. The first-order valence-electron chi connectivity index (χ1n) is 5.01. The van der Waals surface area contributed by atoms with Gasteiger partial charge in [0.15, 0.2) is 0 Å². The first kappa shape index (κ1) is 12.1. The fourth-order valence-corrected chi connectivity index (χ4v) is 2.33. The number of likely N-dealkylation sites (N-methyl/N-ethyl adjacent to an activating group) is 1. The molecule has 4 nitrogen and oxygen atoms in total. The molecule has 1 rings (SSSR count). The summed E-state index contributed by atoms with van der Waals surface area (Å²) in [6.45, 7) is 5.77. The van der Waals surface area contributed by atoms with Gasteiger partial charge in [0, 0.05) is 17.8 Å². The molecule has 84 valence electrons. The summed E-state index contributed by atoms with van der Waals surface area (Å²) in [5, 5.41) is 12.9. The van der Waals surface area contributed by atoms with Crippen LogP contribution >= 0.6 is 11.3 Å². The molecule has 1 aromatic heterocycles. The second-order valence-electron chi connectivity index (χ2n) is 3.29. The normalized spacial score (nSPS) is 10.5. The van der Waals surface area contributed by atoms with Gasteiger partial charge in [0.1, 0.15) is 0 Å². The van der Waals surface area contributed by atoms with Crippen molar-refractivity contribution in [3.63, 3.8) is 0 Å². The van der Waals surface area contributed by atoms with Crippen molar-refractivity contribution in [2.24, 2.45) is 0 Å². The molecule has 0 radical (unpaired) electrons. The van der Waals surface area contributed by atoms with E-state index in [-0.39, 0.29) is 6.42 Å². The van der Waals surface area contributed by atoms with Crippen molar-refractivity contribution in [2.75, 3.05) is 13.1 Å². The lowest BCUT2D eigenvalue weighted by molar-refractivity contribution is -0.136. The molecule has 0 fully saturated rings. The Balaban J connectivity index is 2.56. The summed E-state index contributed by atoms with van der Waals surface area (Å²) in [6.07, 6.45) is 0.962. The minimum Gasteiger partial charge on any atom is -0.481 e. The number of rotatable bonds is 6. The Kier molecular flexibility index (Phi) is 4.71. The van der Waals surface area contributed by atoms with Crippen LogP contribution in [0.1, 0.15) is 22.5 Å². The summed E-state index contributed by atoms with van der Waals surface area (Å²) in [5.74, 6) is -0.792. The van der Waals surface area contributed by atoms with Gasteiger partial charge in [-0.25, -0.2) is 4.98 Å². The third-order valence-corrected chi connectivity index (χ3v) is 3.23. The van der Waals surface area contributed by atoms with Gasteiger partial charge in [-0.1, -0.05) is 6.92 Å². The minimum atomic E-state index is -0.792. The molecule has 0 bridgehead atoms. The summed E-state index contributed by atoms with van der Waals surface area (Å²) in [6, 6.07) is 0. The second kappa shape index (κ2) is 5.82. The Labute approximate surface area is 93.4 Å². The molecule has 0 aliphatic rings. The number of hydrogen-bond donors (Lipinski definition) is 2. The van der Waals surface area contributed by atoms with Crippen molar-refractivity contribution < 1.29 is 9.90 Å². The van der Waals surface area contributed by atoms with Crippen LogP contribution in [0, 0.1) is 6.92 Å². The molecule has 2 N–H and O–H groups in total. The van der Waals surface area contributed by atoms with Crippen LogP contribution < -0.4 is 5.32 Å². The Hall–Kier alpha value is -0.940. The molecule has 0 saturated heterocycles. The molecule has 1 heterocycles. The quantitative estimate of drug-likeness (QED) is 0.719. The SMILES string of the molecule is CCNCCc1nc(C)c(CC(=O)O)s1. The topological polar surface area (TPSA) is 62.2 Å². The molecule has 0 aliphatic carbocycles. The first-order chi connectivity index (χ1) is 7.13. The number of nitrogens with zero attached hydrogens (tertiary/aromatic N) is 1. The highest BCUT2D eigenvalue weighted by Crippen LogP contribution is 2.18. The van der Waals surface area contributed by atoms with Gasteiger partial charge in [-0.2, -0.15) is 0 Å². The van der Waals surface area contributed by atoms with E-state index in [0.29, 0.717) is 0 Å². The fraction of sp³-hybridized carbons (Fsp3) is 0.600. The zero-order chi connectivity index (χ0) is 11.3. The van der Waals surface area contributed by atoms with Gasteiger partial charge in [-0.05, 0) is 13.5 Å². The number of aryl methyl sites for hydroxylation is 1. The van der Waals surface area contributed by atoms with Crippen molar-refractivity contribution in [1.82, 2.24) is 10.3 Å². The van der Waals surface area contributed by atoms with Crippen LogP contribution in [-0.2, 0) is 17.6 Å². The van der Waals surface area contributed by atoms with Gasteiger partial charge in [0.2, 0.25) is 0 Å². The molecule has 0 saturated carbocycles. The molecule has 0 aliphatic heterocycles. The zero-order valence-corrected chi connectivity index (χ0v) is 9.86. The van der Waals surface area contributed by atoms with Crippen molar-refractivity contribution in [3.05, 3.63) is 15.6 Å². The van der Waals surface area contributed by atoms with Crippen LogP contribution in [0.4, 0.5) is 0 Å². The summed E-state index contributed by atoms with van der Waals surface area (Å²) in [5.41, 5.74) is 0.855. The van der Waals surface area contributed by atoms with E-state index in [1.165, 1.54) is 11.3 Å². The molecule has 0 aromatic carbocycles. The van der Waals surface area contributed by atoms with Crippen LogP contribution in [0.15, 0.2) is 0 Å². The number of aliphatic carboxylic acids is 1. The standard InChI is InChI=1S/C10H16N2O2S/c1-3-11-5-4-9-12-7(2)8(15-9)6-10(13)14/h11H,3-6H2,1-2H3,(H,13,14). The van der Waals surface area contributed by atoms with Gasteiger partial charge in [0.25, 0.3) is 0 Å². The lowest BCUT2D eigenvalue weighted by atomic mass is 10.3. The van der Waals surface area contributed by atoms with Crippen molar-refractivity contribution in [1.29, 1.82) is 0 Å². The molecule has 0 amide bonds. The van der Waals surface area contributed by atoms with Crippen LogP contribution in [-0.4, -0.2) is 29.1 Å². The summed E-state index contributed by atoms with van der Waals surface area (Å²) in [4.78, 5) is 15.8. The minimum absolute atomic E-state index is 0.0880. The van der Waals surface area contributed by atoms with Gasteiger partial charge in [-0.3, -0.25) is 4.79 Å². The van der Waals surface area contributed by atoms with Crippen molar-refractivity contribution in [3.8, 4) is 0 Å². The lowest BCUT2D eigenvalue weighted by Crippen LogP contribution is -2.15. The smallest absolute Gasteiger partial charge is 0.308 e. The number of carboxylic acid groups (broad SMARTS) is 1. The van der Waals surface area contributed by atoms with Crippen LogP contribution in [0.5, 0.6) is 0 Å². The Morgan fingerprint density at radius 3 is 2.93 bits per heavy atom. The Morgan fingerprint density at radius 2 is 2.33 bits per heavy atom. The first-order valence-corrected chi connectivity index (χ1v) is 5.82. The number of thiazole rings is 1. The molecule has 0 spiro atoms. The molecular weight excluding hydrogens is 212 g/mol. The van der Waals surface area contributed by atoms with E-state index in [0.717, 1.165) is 35.1 Å². The third kappa shape index (κ3) is 3.97. The summed E-state index contributed by atoms with van der Waals surface area (Å²) < 4.78 is 0. The monoisotopic (exact) mass is 228 g/mol. The van der Waals surface area contributed by atoms with Gasteiger partial charge >= 0.3 is 5.97 Å². The lowest BCUT2D eigenvalue weighted by Gasteiger charge is -1.96. The van der Waals surface area contributed by atoms with E-state index in [1.54, 1.807) is 0 Å². The van der Waals surface area contributed by atoms with Crippen molar-refractivity contribution in [2.45, 2.75) is 26.7 Å². The number of carbonyl (C=O) groups is 1. The van der Waals surface area contributed by atoms with E-state index < -0.39 is 5.97 Å². The Bertz CT molecular complexity index is 336. The van der Waals surface area contributed by atoms with Crippen LogP contribution in [0.25, 0.3) is 0 Å². The predicted molar refractivity (Wildman–Crippen MR) is 60.4 cm³/mol. The molecule has 0 atom stereocenters. The zero-order valence-electron chi connectivity index (χ0n) is 9.04.